The molecule has 0 bridgehead atoms. The van der Waals surface area contributed by atoms with Crippen LogP contribution in [0, 0.1) is 0 Å². The van der Waals surface area contributed by atoms with Crippen molar-refractivity contribution in [1.82, 2.24) is 10.2 Å². The normalized spacial score (nSPS) is 15.4. The summed E-state index contributed by atoms with van der Waals surface area (Å²) in [5.74, 6) is -0.957. The Morgan fingerprint density at radius 2 is 1.54 bits per heavy atom. The van der Waals surface area contributed by atoms with Gasteiger partial charge in [0.2, 0.25) is 0 Å². The van der Waals surface area contributed by atoms with Crippen molar-refractivity contribution in [1.29, 1.82) is 0 Å². The lowest BCUT2D eigenvalue weighted by atomic mass is 10.0. The monoisotopic (exact) mass is 410 g/mol. The lowest BCUT2D eigenvalue weighted by Gasteiger charge is -2.33. The predicted molar refractivity (Wildman–Crippen MR) is 99.3 cm³/mol. The first-order chi connectivity index (χ1) is 13.3. The predicted octanol–water partition coefficient (Wildman–Crippen LogP) is 4.39. The molecule has 3 rings (SSSR count). The third-order valence-corrected chi connectivity index (χ3v) is 5.03. The molecule has 1 fully saturated rings. The number of carbonyl (C=O) groups excluding carboxylic acids is 2. The summed E-state index contributed by atoms with van der Waals surface area (Å²) in [5.41, 5.74) is -0.926. The van der Waals surface area contributed by atoms with Gasteiger partial charge in [0, 0.05) is 19.1 Å². The molecule has 1 saturated heterocycles. The molecule has 0 saturated carbocycles. The molecule has 28 heavy (non-hydrogen) atoms. The molecule has 0 unspecified atom stereocenters. The molecule has 1 aliphatic rings. The van der Waals surface area contributed by atoms with Gasteiger partial charge in [0.25, 0.3) is 11.8 Å². The average molecular weight is 411 g/mol. The average Bonchev–Trinajstić information content (AvgIpc) is 2.67. The van der Waals surface area contributed by atoms with Gasteiger partial charge >= 0.3 is 6.18 Å². The zero-order valence-electron chi connectivity index (χ0n) is 14.8. The smallest absolute Gasteiger partial charge is 0.349 e. The maximum atomic E-state index is 13.1. The molecule has 2 amide bonds. The molecule has 1 aliphatic heterocycles. The standard InChI is InChI=1S/C20H18ClF3N2O2/c21-17-8-4-2-6-15(17)18(27)25-13-9-11-26(12-10-13)19(28)14-5-1-3-7-16(14)20(22,23)24/h1-8,13H,9-12H2,(H,25,27). The van der Waals surface area contributed by atoms with Gasteiger partial charge in [-0.05, 0) is 37.1 Å². The Morgan fingerprint density at radius 1 is 0.964 bits per heavy atom. The first-order valence-electron chi connectivity index (χ1n) is 8.78. The van der Waals surface area contributed by atoms with E-state index in [1.54, 1.807) is 24.3 Å². The molecule has 0 aromatic heterocycles. The summed E-state index contributed by atoms with van der Waals surface area (Å²) in [4.78, 5) is 26.3. The Bertz CT molecular complexity index is 878. The minimum atomic E-state index is -4.59. The van der Waals surface area contributed by atoms with Crippen LogP contribution in [-0.4, -0.2) is 35.8 Å². The molecule has 8 heteroatoms. The van der Waals surface area contributed by atoms with E-state index in [1.807, 2.05) is 0 Å². The van der Waals surface area contributed by atoms with Crippen LogP contribution in [0.1, 0.15) is 39.1 Å². The second-order valence-electron chi connectivity index (χ2n) is 6.56. The number of rotatable bonds is 3. The number of nitrogens with zero attached hydrogens (tertiary/aromatic N) is 1. The zero-order valence-corrected chi connectivity index (χ0v) is 15.6. The molecule has 0 atom stereocenters. The highest BCUT2D eigenvalue weighted by molar-refractivity contribution is 6.33. The van der Waals surface area contributed by atoms with E-state index in [2.05, 4.69) is 5.32 Å². The zero-order chi connectivity index (χ0) is 20.3. The first kappa shape index (κ1) is 20.2. The Labute approximate surface area is 165 Å². The van der Waals surface area contributed by atoms with Gasteiger partial charge in [-0.25, -0.2) is 0 Å². The Kier molecular flexibility index (Phi) is 5.93. The Balaban J connectivity index is 1.62. The number of likely N-dealkylation sites (tertiary alicyclic amines) is 1. The number of alkyl halides is 3. The fraction of sp³-hybridized carbons (Fsp3) is 0.300. The van der Waals surface area contributed by atoms with E-state index in [0.717, 1.165) is 6.07 Å². The van der Waals surface area contributed by atoms with E-state index in [-0.39, 0.29) is 30.6 Å². The van der Waals surface area contributed by atoms with Crippen molar-refractivity contribution in [3.05, 3.63) is 70.2 Å². The fourth-order valence-corrected chi connectivity index (χ4v) is 3.44. The maximum absolute atomic E-state index is 13.1. The van der Waals surface area contributed by atoms with Gasteiger partial charge in [0.05, 0.1) is 21.7 Å². The van der Waals surface area contributed by atoms with Gasteiger partial charge in [-0.3, -0.25) is 9.59 Å². The SMILES string of the molecule is O=C(NC1CCN(C(=O)c2ccccc2C(F)(F)F)CC1)c1ccccc1Cl. The molecule has 0 spiro atoms. The van der Waals surface area contributed by atoms with Gasteiger partial charge in [0.1, 0.15) is 0 Å². The molecular weight excluding hydrogens is 393 g/mol. The van der Waals surface area contributed by atoms with Crippen molar-refractivity contribution in [2.24, 2.45) is 0 Å². The largest absolute Gasteiger partial charge is 0.417 e. The van der Waals surface area contributed by atoms with Gasteiger partial charge in [-0.1, -0.05) is 35.9 Å². The molecule has 1 heterocycles. The molecular formula is C20H18ClF3N2O2. The lowest BCUT2D eigenvalue weighted by Crippen LogP contribution is -2.46. The minimum Gasteiger partial charge on any atom is -0.349 e. The second kappa shape index (κ2) is 8.22. The summed E-state index contributed by atoms with van der Waals surface area (Å²) < 4.78 is 39.4. The van der Waals surface area contributed by atoms with Crippen LogP contribution in [0.3, 0.4) is 0 Å². The van der Waals surface area contributed by atoms with Crippen LogP contribution in [0.5, 0.6) is 0 Å². The van der Waals surface area contributed by atoms with Crippen LogP contribution in [0.4, 0.5) is 13.2 Å². The van der Waals surface area contributed by atoms with Gasteiger partial charge in [-0.2, -0.15) is 13.2 Å². The molecule has 148 valence electrons. The number of benzene rings is 2. The van der Waals surface area contributed by atoms with Gasteiger partial charge in [0.15, 0.2) is 0 Å². The summed E-state index contributed by atoms with van der Waals surface area (Å²) in [7, 11) is 0. The van der Waals surface area contributed by atoms with E-state index >= 15 is 0 Å². The third kappa shape index (κ3) is 4.47. The summed E-state index contributed by atoms with van der Waals surface area (Å²) in [5, 5.41) is 3.21. The van der Waals surface area contributed by atoms with Crippen LogP contribution in [0.15, 0.2) is 48.5 Å². The molecule has 2 aromatic rings. The van der Waals surface area contributed by atoms with Crippen LogP contribution in [0.2, 0.25) is 5.02 Å². The molecule has 0 radical (unpaired) electrons. The highest BCUT2D eigenvalue weighted by Gasteiger charge is 2.36. The Hall–Kier alpha value is -2.54. The number of carbonyl (C=O) groups is 2. The summed E-state index contributed by atoms with van der Waals surface area (Å²) in [6.07, 6.45) is -3.68. The number of nitrogens with one attached hydrogen (secondary N) is 1. The highest BCUT2D eigenvalue weighted by Crippen LogP contribution is 2.32. The van der Waals surface area contributed by atoms with Crippen molar-refractivity contribution in [2.75, 3.05) is 13.1 Å². The minimum absolute atomic E-state index is 0.175. The van der Waals surface area contributed by atoms with Crippen LogP contribution in [-0.2, 0) is 6.18 Å². The van der Waals surface area contributed by atoms with Gasteiger partial charge in [-0.15, -0.1) is 0 Å². The summed E-state index contributed by atoms with van der Waals surface area (Å²) in [6, 6.07) is 11.3. The van der Waals surface area contributed by atoms with Crippen molar-refractivity contribution in [3.8, 4) is 0 Å². The van der Waals surface area contributed by atoms with Crippen molar-refractivity contribution < 1.29 is 22.8 Å². The maximum Gasteiger partial charge on any atom is 0.417 e. The second-order valence-corrected chi connectivity index (χ2v) is 6.97. The first-order valence-corrected chi connectivity index (χ1v) is 9.16. The van der Waals surface area contributed by atoms with E-state index in [9.17, 15) is 22.8 Å². The summed E-state index contributed by atoms with van der Waals surface area (Å²) in [6.45, 7) is 0.525. The number of hydrogen-bond donors (Lipinski definition) is 1. The fourth-order valence-electron chi connectivity index (χ4n) is 3.22. The van der Waals surface area contributed by atoms with Crippen molar-refractivity contribution in [3.63, 3.8) is 0 Å². The quantitative estimate of drug-likeness (QED) is 0.815. The number of hydrogen-bond acceptors (Lipinski definition) is 2. The van der Waals surface area contributed by atoms with Crippen LogP contribution in [0.25, 0.3) is 0 Å². The molecule has 2 aromatic carbocycles. The van der Waals surface area contributed by atoms with E-state index < -0.39 is 17.6 Å². The molecule has 0 aliphatic carbocycles. The number of halogens is 4. The third-order valence-electron chi connectivity index (χ3n) is 4.70. The van der Waals surface area contributed by atoms with Gasteiger partial charge < -0.3 is 10.2 Å². The van der Waals surface area contributed by atoms with E-state index in [1.165, 1.54) is 23.1 Å². The van der Waals surface area contributed by atoms with Crippen molar-refractivity contribution >= 4 is 23.4 Å². The topological polar surface area (TPSA) is 49.4 Å². The van der Waals surface area contributed by atoms with E-state index in [0.29, 0.717) is 23.4 Å². The molecule has 4 nitrogen and oxygen atoms in total. The highest BCUT2D eigenvalue weighted by atomic mass is 35.5. The number of piperidine rings is 1. The molecule has 1 N–H and O–H groups in total. The number of amides is 2. The van der Waals surface area contributed by atoms with Crippen LogP contribution >= 0.6 is 11.6 Å². The van der Waals surface area contributed by atoms with Crippen LogP contribution < -0.4 is 5.32 Å². The van der Waals surface area contributed by atoms with E-state index in [4.69, 9.17) is 11.6 Å². The summed E-state index contributed by atoms with van der Waals surface area (Å²) >= 11 is 6.02. The van der Waals surface area contributed by atoms with Crippen molar-refractivity contribution in [2.45, 2.75) is 25.1 Å². The Morgan fingerprint density at radius 3 is 2.14 bits per heavy atom. The lowest BCUT2D eigenvalue weighted by molar-refractivity contribution is -0.138.